The Kier molecular flexibility index (Phi) is 5.23. The topological polar surface area (TPSA) is 61.7 Å². The SMILES string of the molecule is Cc1cc(C(CO)NC(=O)c2cccc(-c3ccc4c(c3)C=NC4)c2)ccc1F. The van der Waals surface area contributed by atoms with Gasteiger partial charge in [0, 0.05) is 11.8 Å². The van der Waals surface area contributed by atoms with Crippen LogP contribution in [0.3, 0.4) is 0 Å². The first kappa shape index (κ1) is 19.0. The number of halogens is 1. The van der Waals surface area contributed by atoms with Gasteiger partial charge >= 0.3 is 0 Å². The first-order valence-corrected chi connectivity index (χ1v) is 9.46. The van der Waals surface area contributed by atoms with Gasteiger partial charge in [0.05, 0.1) is 19.2 Å². The highest BCUT2D eigenvalue weighted by atomic mass is 19.1. The number of hydrogen-bond donors (Lipinski definition) is 2. The zero-order valence-electron chi connectivity index (χ0n) is 16.0. The summed E-state index contributed by atoms with van der Waals surface area (Å²) in [6.07, 6.45) is 1.87. The molecule has 3 aromatic rings. The number of rotatable bonds is 5. The van der Waals surface area contributed by atoms with Crippen LogP contribution in [0.5, 0.6) is 0 Å². The van der Waals surface area contributed by atoms with Crippen molar-refractivity contribution in [2.45, 2.75) is 19.5 Å². The largest absolute Gasteiger partial charge is 0.394 e. The Bertz CT molecular complexity index is 1110. The Hall–Kier alpha value is -3.31. The van der Waals surface area contributed by atoms with Crippen molar-refractivity contribution in [1.82, 2.24) is 5.32 Å². The number of hydrogen-bond acceptors (Lipinski definition) is 3. The van der Waals surface area contributed by atoms with Gasteiger partial charge in [0.1, 0.15) is 5.82 Å². The molecule has 1 aliphatic heterocycles. The summed E-state index contributed by atoms with van der Waals surface area (Å²) in [6, 6.07) is 17.5. The van der Waals surface area contributed by atoms with Gasteiger partial charge in [-0.2, -0.15) is 0 Å². The van der Waals surface area contributed by atoms with Gasteiger partial charge in [-0.15, -0.1) is 0 Å². The molecule has 146 valence electrons. The maximum Gasteiger partial charge on any atom is 0.251 e. The molecule has 0 fully saturated rings. The molecule has 0 bridgehead atoms. The van der Waals surface area contributed by atoms with Crippen molar-refractivity contribution in [3.8, 4) is 11.1 Å². The van der Waals surface area contributed by atoms with Gasteiger partial charge < -0.3 is 10.4 Å². The lowest BCUT2D eigenvalue weighted by atomic mass is 9.98. The first-order chi connectivity index (χ1) is 14.0. The van der Waals surface area contributed by atoms with E-state index < -0.39 is 6.04 Å². The van der Waals surface area contributed by atoms with Gasteiger partial charge in [0.15, 0.2) is 0 Å². The summed E-state index contributed by atoms with van der Waals surface area (Å²) < 4.78 is 13.5. The van der Waals surface area contributed by atoms with Crippen LogP contribution in [0.1, 0.15) is 38.7 Å². The van der Waals surface area contributed by atoms with E-state index in [-0.39, 0.29) is 18.3 Å². The van der Waals surface area contributed by atoms with E-state index in [9.17, 15) is 14.3 Å². The third-order valence-electron chi connectivity index (χ3n) is 5.17. The summed E-state index contributed by atoms with van der Waals surface area (Å²) in [6.45, 7) is 2.09. The van der Waals surface area contributed by atoms with Crippen LogP contribution >= 0.6 is 0 Å². The lowest BCUT2D eigenvalue weighted by Crippen LogP contribution is -2.30. The van der Waals surface area contributed by atoms with E-state index in [2.05, 4.69) is 22.4 Å². The molecule has 1 amide bonds. The molecule has 0 aromatic heterocycles. The molecular weight excluding hydrogens is 367 g/mol. The van der Waals surface area contributed by atoms with Crippen LogP contribution in [-0.2, 0) is 6.54 Å². The number of aliphatic hydroxyl groups excluding tert-OH is 1. The number of aliphatic imine (C=N–C) groups is 1. The molecule has 0 aliphatic carbocycles. The van der Waals surface area contributed by atoms with Gasteiger partial charge in [-0.05, 0) is 64.6 Å². The number of carbonyl (C=O) groups is 1. The standard InChI is InChI=1S/C24H21FN2O2/c1-15-9-18(7-8-22(15)25)23(14-28)27-24(29)19-4-2-3-16(10-19)17-5-6-20-12-26-13-21(20)11-17/h2-11,13,23,28H,12,14H2,1H3,(H,27,29). The van der Waals surface area contributed by atoms with Crippen LogP contribution in [0.4, 0.5) is 4.39 Å². The Labute approximate surface area is 168 Å². The van der Waals surface area contributed by atoms with Crippen molar-refractivity contribution < 1.29 is 14.3 Å². The third kappa shape index (κ3) is 3.96. The van der Waals surface area contributed by atoms with E-state index in [0.717, 1.165) is 16.7 Å². The average molecular weight is 388 g/mol. The number of nitrogens with zero attached hydrogens (tertiary/aromatic N) is 1. The number of nitrogens with one attached hydrogen (secondary N) is 1. The number of aryl methyl sites for hydroxylation is 1. The molecule has 0 saturated heterocycles. The van der Waals surface area contributed by atoms with E-state index in [0.29, 0.717) is 23.2 Å². The number of benzene rings is 3. The maximum absolute atomic E-state index is 13.5. The quantitative estimate of drug-likeness (QED) is 0.688. The second-order valence-corrected chi connectivity index (χ2v) is 7.18. The van der Waals surface area contributed by atoms with Crippen LogP contribution < -0.4 is 5.32 Å². The van der Waals surface area contributed by atoms with Crippen molar-refractivity contribution in [3.05, 3.63) is 94.3 Å². The molecule has 1 atom stereocenters. The van der Waals surface area contributed by atoms with E-state index >= 15 is 0 Å². The Morgan fingerprint density at radius 3 is 2.76 bits per heavy atom. The van der Waals surface area contributed by atoms with Crippen molar-refractivity contribution in [2.24, 2.45) is 4.99 Å². The lowest BCUT2D eigenvalue weighted by Gasteiger charge is -2.18. The maximum atomic E-state index is 13.5. The molecule has 1 heterocycles. The van der Waals surface area contributed by atoms with Gasteiger partial charge in [0.2, 0.25) is 0 Å². The molecule has 4 nitrogen and oxygen atoms in total. The normalized spacial score (nSPS) is 13.2. The molecule has 0 radical (unpaired) electrons. The van der Waals surface area contributed by atoms with Gasteiger partial charge in [-0.3, -0.25) is 9.79 Å². The van der Waals surface area contributed by atoms with Crippen LogP contribution in [0.25, 0.3) is 11.1 Å². The molecular formula is C24H21FN2O2. The number of aliphatic hydroxyl groups is 1. The van der Waals surface area contributed by atoms with Crippen LogP contribution in [-0.4, -0.2) is 23.8 Å². The van der Waals surface area contributed by atoms with Crippen molar-refractivity contribution in [2.75, 3.05) is 6.61 Å². The molecule has 2 N–H and O–H groups in total. The molecule has 4 rings (SSSR count). The van der Waals surface area contributed by atoms with E-state index in [4.69, 9.17) is 0 Å². The second kappa shape index (κ2) is 7.97. The zero-order valence-corrected chi connectivity index (χ0v) is 16.0. The van der Waals surface area contributed by atoms with E-state index in [1.54, 1.807) is 25.1 Å². The summed E-state index contributed by atoms with van der Waals surface area (Å²) >= 11 is 0. The zero-order chi connectivity index (χ0) is 20.4. The smallest absolute Gasteiger partial charge is 0.251 e. The Morgan fingerprint density at radius 1 is 1.14 bits per heavy atom. The number of carbonyl (C=O) groups excluding carboxylic acids is 1. The average Bonchev–Trinajstić information content (AvgIpc) is 3.22. The number of amides is 1. The molecule has 29 heavy (non-hydrogen) atoms. The summed E-state index contributed by atoms with van der Waals surface area (Å²) in [7, 11) is 0. The molecule has 1 unspecified atom stereocenters. The summed E-state index contributed by atoms with van der Waals surface area (Å²) in [5.41, 5.74) is 5.87. The van der Waals surface area contributed by atoms with Crippen LogP contribution in [0.15, 0.2) is 65.7 Å². The molecule has 0 saturated carbocycles. The van der Waals surface area contributed by atoms with Crippen LogP contribution in [0.2, 0.25) is 0 Å². The highest BCUT2D eigenvalue weighted by Gasteiger charge is 2.17. The second-order valence-electron chi connectivity index (χ2n) is 7.18. The van der Waals surface area contributed by atoms with Gasteiger partial charge in [-0.1, -0.05) is 36.4 Å². The van der Waals surface area contributed by atoms with E-state index in [1.807, 2.05) is 30.5 Å². The minimum atomic E-state index is -0.610. The predicted octanol–water partition coefficient (Wildman–Crippen LogP) is 4.20. The molecule has 1 aliphatic rings. The predicted molar refractivity (Wildman–Crippen MR) is 112 cm³/mol. The fourth-order valence-corrected chi connectivity index (χ4v) is 3.48. The van der Waals surface area contributed by atoms with Crippen molar-refractivity contribution in [3.63, 3.8) is 0 Å². The fourth-order valence-electron chi connectivity index (χ4n) is 3.48. The Balaban J connectivity index is 1.56. The first-order valence-electron chi connectivity index (χ1n) is 9.46. The van der Waals surface area contributed by atoms with Crippen molar-refractivity contribution >= 4 is 12.1 Å². The summed E-state index contributed by atoms with van der Waals surface area (Å²) in [4.78, 5) is 17.1. The monoisotopic (exact) mass is 388 g/mol. The Morgan fingerprint density at radius 2 is 1.97 bits per heavy atom. The van der Waals surface area contributed by atoms with Crippen LogP contribution in [0, 0.1) is 12.7 Å². The van der Waals surface area contributed by atoms with E-state index in [1.165, 1.54) is 11.6 Å². The van der Waals surface area contributed by atoms with Gasteiger partial charge in [0.25, 0.3) is 5.91 Å². The molecule has 3 aromatic carbocycles. The fraction of sp³-hybridized carbons (Fsp3) is 0.167. The highest BCUT2D eigenvalue weighted by molar-refractivity contribution is 5.96. The molecule has 0 spiro atoms. The summed E-state index contributed by atoms with van der Waals surface area (Å²) in [5.74, 6) is -0.612. The summed E-state index contributed by atoms with van der Waals surface area (Å²) in [5, 5.41) is 12.6. The third-order valence-corrected chi connectivity index (χ3v) is 5.17. The number of fused-ring (bicyclic) bond motifs is 1. The highest BCUT2D eigenvalue weighted by Crippen LogP contribution is 2.25. The van der Waals surface area contributed by atoms with Crippen molar-refractivity contribution in [1.29, 1.82) is 0 Å². The minimum Gasteiger partial charge on any atom is -0.394 e. The minimum absolute atomic E-state index is 0.277. The molecule has 5 heteroatoms. The van der Waals surface area contributed by atoms with Gasteiger partial charge in [-0.25, -0.2) is 4.39 Å². The lowest BCUT2D eigenvalue weighted by molar-refractivity contribution is 0.0916.